The van der Waals surface area contributed by atoms with Crippen molar-refractivity contribution in [3.8, 4) is 0 Å². The average molecular weight is 363 g/mol. The van der Waals surface area contributed by atoms with Crippen LogP contribution in [0, 0.1) is 0 Å². The summed E-state index contributed by atoms with van der Waals surface area (Å²) in [6.45, 7) is 3.64. The van der Waals surface area contributed by atoms with Crippen LogP contribution in [-0.4, -0.2) is 51.2 Å². The maximum atomic E-state index is 11.2. The fourth-order valence-corrected chi connectivity index (χ4v) is 3.06. The summed E-state index contributed by atoms with van der Waals surface area (Å²) in [7, 11) is -3.64. The lowest BCUT2D eigenvalue weighted by molar-refractivity contribution is 0.122. The van der Waals surface area contributed by atoms with Crippen molar-refractivity contribution in [3.05, 3.63) is 42.1 Å². The molecule has 3 N–H and O–H groups in total. The molecule has 0 unspecified atom stereocenters. The van der Waals surface area contributed by atoms with E-state index in [1.54, 1.807) is 18.3 Å². The van der Waals surface area contributed by atoms with Crippen molar-refractivity contribution in [1.29, 1.82) is 0 Å². The first-order valence-corrected chi connectivity index (χ1v) is 9.58. The maximum absolute atomic E-state index is 11.2. The number of hydrogen-bond acceptors (Lipinski definition) is 7. The Balaban J connectivity index is 1.55. The van der Waals surface area contributed by atoms with E-state index in [1.165, 1.54) is 12.1 Å². The Morgan fingerprint density at radius 1 is 1.16 bits per heavy atom. The van der Waals surface area contributed by atoms with Gasteiger partial charge in [0.1, 0.15) is 5.82 Å². The zero-order valence-electron chi connectivity index (χ0n) is 13.8. The first-order valence-electron chi connectivity index (χ1n) is 8.04. The van der Waals surface area contributed by atoms with Crippen LogP contribution in [0.1, 0.15) is 5.56 Å². The quantitative estimate of drug-likeness (QED) is 0.774. The highest BCUT2D eigenvalue weighted by atomic mass is 32.2. The second-order valence-electron chi connectivity index (χ2n) is 5.71. The van der Waals surface area contributed by atoms with Crippen molar-refractivity contribution < 1.29 is 13.2 Å². The Kier molecular flexibility index (Phi) is 5.47. The fraction of sp³-hybridized carbons (Fsp3) is 0.375. The standard InChI is InChI=1S/C16H21N5O3S/c17-25(22,23)14-3-1-13(2-4-14)5-7-18-15-6-8-19-16(20-15)21-9-11-24-12-10-21/h1-4,6,8H,5,7,9-12H2,(H2,17,22,23)(H,18,19,20). The molecule has 8 nitrogen and oxygen atoms in total. The average Bonchev–Trinajstić information content (AvgIpc) is 2.62. The van der Waals surface area contributed by atoms with Gasteiger partial charge >= 0.3 is 0 Å². The highest BCUT2D eigenvalue weighted by Crippen LogP contribution is 2.13. The number of benzene rings is 1. The van der Waals surface area contributed by atoms with Crippen molar-refractivity contribution in [2.75, 3.05) is 43.1 Å². The van der Waals surface area contributed by atoms with Gasteiger partial charge in [-0.1, -0.05) is 12.1 Å². The van der Waals surface area contributed by atoms with E-state index >= 15 is 0 Å². The van der Waals surface area contributed by atoms with E-state index in [1.807, 2.05) is 6.07 Å². The molecule has 2 aromatic rings. The van der Waals surface area contributed by atoms with E-state index in [0.29, 0.717) is 25.7 Å². The minimum atomic E-state index is -3.64. The van der Waals surface area contributed by atoms with Gasteiger partial charge in [0.15, 0.2) is 0 Å². The van der Waals surface area contributed by atoms with Crippen LogP contribution in [0.15, 0.2) is 41.4 Å². The molecule has 0 bridgehead atoms. The van der Waals surface area contributed by atoms with Crippen molar-refractivity contribution >= 4 is 21.8 Å². The van der Waals surface area contributed by atoms with Crippen LogP contribution >= 0.6 is 0 Å². The van der Waals surface area contributed by atoms with Gasteiger partial charge in [0.25, 0.3) is 0 Å². The van der Waals surface area contributed by atoms with Gasteiger partial charge in [0.2, 0.25) is 16.0 Å². The molecule has 1 fully saturated rings. The Morgan fingerprint density at radius 2 is 1.88 bits per heavy atom. The maximum Gasteiger partial charge on any atom is 0.238 e. The van der Waals surface area contributed by atoms with Crippen LogP contribution in [0.25, 0.3) is 0 Å². The molecular weight excluding hydrogens is 342 g/mol. The van der Waals surface area contributed by atoms with E-state index in [9.17, 15) is 8.42 Å². The summed E-state index contributed by atoms with van der Waals surface area (Å²) in [6.07, 6.45) is 2.48. The molecule has 1 aliphatic rings. The van der Waals surface area contributed by atoms with Crippen molar-refractivity contribution in [2.24, 2.45) is 5.14 Å². The number of nitrogens with two attached hydrogens (primary N) is 1. The topological polar surface area (TPSA) is 110 Å². The molecule has 0 radical (unpaired) electrons. The van der Waals surface area contributed by atoms with E-state index < -0.39 is 10.0 Å². The molecule has 0 aliphatic carbocycles. The summed E-state index contributed by atoms with van der Waals surface area (Å²) in [5, 5.41) is 8.36. The van der Waals surface area contributed by atoms with Gasteiger partial charge in [-0.3, -0.25) is 0 Å². The summed E-state index contributed by atoms with van der Waals surface area (Å²) < 4.78 is 27.8. The molecule has 0 saturated carbocycles. The number of sulfonamides is 1. The smallest absolute Gasteiger partial charge is 0.238 e. The van der Waals surface area contributed by atoms with Gasteiger partial charge in [-0.05, 0) is 30.2 Å². The Labute approximate surface area is 147 Å². The molecule has 2 heterocycles. The number of hydrogen-bond donors (Lipinski definition) is 2. The van der Waals surface area contributed by atoms with Crippen LogP contribution in [-0.2, 0) is 21.2 Å². The van der Waals surface area contributed by atoms with Crippen molar-refractivity contribution in [2.45, 2.75) is 11.3 Å². The van der Waals surface area contributed by atoms with Gasteiger partial charge in [0.05, 0.1) is 18.1 Å². The number of anilines is 2. The van der Waals surface area contributed by atoms with E-state index in [2.05, 4.69) is 20.2 Å². The van der Waals surface area contributed by atoms with Crippen LogP contribution in [0.3, 0.4) is 0 Å². The second-order valence-corrected chi connectivity index (χ2v) is 7.27. The second kappa shape index (κ2) is 7.77. The summed E-state index contributed by atoms with van der Waals surface area (Å²) in [5.41, 5.74) is 1.02. The van der Waals surface area contributed by atoms with E-state index in [4.69, 9.17) is 9.88 Å². The molecule has 0 amide bonds. The third kappa shape index (κ3) is 4.88. The van der Waals surface area contributed by atoms with Crippen LogP contribution in [0.4, 0.5) is 11.8 Å². The predicted molar refractivity (Wildman–Crippen MR) is 95.1 cm³/mol. The Morgan fingerprint density at radius 3 is 2.56 bits per heavy atom. The lowest BCUT2D eigenvalue weighted by atomic mass is 10.1. The third-order valence-corrected chi connectivity index (χ3v) is 4.84. The van der Waals surface area contributed by atoms with Gasteiger partial charge in [-0.25, -0.2) is 18.5 Å². The zero-order valence-corrected chi connectivity index (χ0v) is 14.6. The van der Waals surface area contributed by atoms with E-state index in [0.717, 1.165) is 30.9 Å². The molecule has 25 heavy (non-hydrogen) atoms. The molecule has 3 rings (SSSR count). The molecule has 9 heteroatoms. The first-order chi connectivity index (χ1) is 12.0. The predicted octanol–water partition coefficient (Wildman–Crippen LogP) is 0.615. The number of nitrogens with one attached hydrogen (secondary N) is 1. The summed E-state index contributed by atoms with van der Waals surface area (Å²) in [5.74, 6) is 1.46. The monoisotopic (exact) mass is 363 g/mol. The number of rotatable bonds is 6. The summed E-state index contributed by atoms with van der Waals surface area (Å²) in [6, 6.07) is 8.40. The number of morpholine rings is 1. The van der Waals surface area contributed by atoms with Gasteiger partial charge < -0.3 is 15.0 Å². The fourth-order valence-electron chi connectivity index (χ4n) is 2.54. The van der Waals surface area contributed by atoms with E-state index in [-0.39, 0.29) is 4.90 Å². The lowest BCUT2D eigenvalue weighted by Gasteiger charge is -2.26. The number of ether oxygens (including phenoxy) is 1. The zero-order chi connectivity index (χ0) is 17.7. The third-order valence-electron chi connectivity index (χ3n) is 3.91. The van der Waals surface area contributed by atoms with Gasteiger partial charge in [0, 0.05) is 25.8 Å². The number of primary sulfonamides is 1. The Hall–Kier alpha value is -2.23. The largest absolute Gasteiger partial charge is 0.378 e. The van der Waals surface area contributed by atoms with Crippen LogP contribution in [0.5, 0.6) is 0 Å². The number of nitrogens with zero attached hydrogens (tertiary/aromatic N) is 3. The highest BCUT2D eigenvalue weighted by Gasteiger charge is 2.13. The highest BCUT2D eigenvalue weighted by molar-refractivity contribution is 7.89. The lowest BCUT2D eigenvalue weighted by Crippen LogP contribution is -2.37. The SMILES string of the molecule is NS(=O)(=O)c1ccc(CCNc2ccnc(N3CCOCC3)n2)cc1. The Bertz CT molecular complexity index is 805. The molecule has 1 aromatic carbocycles. The molecule has 0 atom stereocenters. The minimum absolute atomic E-state index is 0.121. The van der Waals surface area contributed by atoms with Crippen LogP contribution in [0.2, 0.25) is 0 Å². The van der Waals surface area contributed by atoms with Gasteiger partial charge in [-0.15, -0.1) is 0 Å². The summed E-state index contributed by atoms with van der Waals surface area (Å²) in [4.78, 5) is 11.1. The normalized spacial score (nSPS) is 15.2. The van der Waals surface area contributed by atoms with Gasteiger partial charge in [-0.2, -0.15) is 4.98 Å². The molecule has 0 spiro atoms. The first kappa shape index (κ1) is 17.6. The number of aromatic nitrogens is 2. The summed E-state index contributed by atoms with van der Waals surface area (Å²) >= 11 is 0. The van der Waals surface area contributed by atoms with Crippen molar-refractivity contribution in [3.63, 3.8) is 0 Å². The molecular formula is C16H21N5O3S. The van der Waals surface area contributed by atoms with Crippen molar-refractivity contribution in [1.82, 2.24) is 9.97 Å². The molecule has 1 saturated heterocycles. The molecule has 1 aliphatic heterocycles. The minimum Gasteiger partial charge on any atom is -0.378 e. The van der Waals surface area contributed by atoms with Crippen LogP contribution < -0.4 is 15.4 Å². The molecule has 1 aromatic heterocycles. The molecule has 134 valence electrons.